The number of aliphatic hydroxyl groups excluding tert-OH is 1. The van der Waals surface area contributed by atoms with Gasteiger partial charge in [-0.05, 0) is 26.0 Å². The van der Waals surface area contributed by atoms with Gasteiger partial charge in [0.2, 0.25) is 0 Å². The van der Waals surface area contributed by atoms with Crippen molar-refractivity contribution in [3.63, 3.8) is 0 Å². The van der Waals surface area contributed by atoms with E-state index in [1.165, 1.54) is 11.8 Å². The first-order valence-electron chi connectivity index (χ1n) is 5.24. The third kappa shape index (κ3) is 3.90. The van der Waals surface area contributed by atoms with Gasteiger partial charge in [0.05, 0.1) is 22.5 Å². The maximum absolute atomic E-state index is 11.0. The van der Waals surface area contributed by atoms with Crippen LogP contribution in [-0.2, 0) is 0 Å². The summed E-state index contributed by atoms with van der Waals surface area (Å²) in [5, 5.41) is 19.8. The number of aliphatic hydroxyl groups is 1. The molecule has 0 unspecified atom stereocenters. The number of nitro benzene ring substituents is 1. The lowest BCUT2D eigenvalue weighted by Gasteiger charge is -2.11. The van der Waals surface area contributed by atoms with Crippen molar-refractivity contribution in [1.82, 2.24) is 0 Å². The summed E-state index contributed by atoms with van der Waals surface area (Å²) in [6, 6.07) is 4.96. The molecular weight excluding hydrogens is 242 g/mol. The highest BCUT2D eigenvalue weighted by Crippen LogP contribution is 2.37. The minimum absolute atomic E-state index is 0.0168. The zero-order valence-corrected chi connectivity index (χ0v) is 10.6. The van der Waals surface area contributed by atoms with Gasteiger partial charge in [0.15, 0.2) is 5.75 Å². The summed E-state index contributed by atoms with van der Waals surface area (Å²) in [4.78, 5) is 11.1. The summed E-state index contributed by atoms with van der Waals surface area (Å²) in [6.07, 6.45) is -0.119. The first-order chi connectivity index (χ1) is 8.06. The Labute approximate surface area is 104 Å². The fourth-order valence-electron chi connectivity index (χ4n) is 1.30. The molecule has 5 nitrogen and oxygen atoms in total. The van der Waals surface area contributed by atoms with Crippen LogP contribution < -0.4 is 4.74 Å². The number of ether oxygens (including phenoxy) is 1. The molecule has 1 rings (SSSR count). The summed E-state index contributed by atoms with van der Waals surface area (Å²) < 4.78 is 5.41. The highest BCUT2D eigenvalue weighted by atomic mass is 32.2. The lowest BCUT2D eigenvalue weighted by atomic mass is 10.3. The van der Waals surface area contributed by atoms with Crippen molar-refractivity contribution in [2.24, 2.45) is 0 Å². The average molecular weight is 257 g/mol. The van der Waals surface area contributed by atoms with Gasteiger partial charge in [0.25, 0.3) is 0 Å². The molecule has 0 bridgehead atoms. The second kappa shape index (κ2) is 6.46. The van der Waals surface area contributed by atoms with Gasteiger partial charge < -0.3 is 9.84 Å². The van der Waals surface area contributed by atoms with Crippen molar-refractivity contribution in [3.8, 4) is 5.75 Å². The van der Waals surface area contributed by atoms with E-state index in [4.69, 9.17) is 9.84 Å². The third-order valence-corrected chi connectivity index (χ3v) is 2.88. The third-order valence-electron chi connectivity index (χ3n) is 1.86. The Balaban J connectivity index is 3.08. The Hall–Kier alpha value is -1.27. The molecule has 94 valence electrons. The van der Waals surface area contributed by atoms with Crippen LogP contribution in [0.5, 0.6) is 5.75 Å². The van der Waals surface area contributed by atoms with Crippen molar-refractivity contribution < 1.29 is 14.8 Å². The molecular formula is C11H15NO4S. The highest BCUT2D eigenvalue weighted by Gasteiger charge is 2.21. The molecule has 17 heavy (non-hydrogen) atoms. The molecule has 1 aromatic rings. The van der Waals surface area contributed by atoms with Gasteiger partial charge in [-0.3, -0.25) is 10.1 Å². The van der Waals surface area contributed by atoms with Gasteiger partial charge in [-0.25, -0.2) is 0 Å². The fourth-order valence-corrected chi connectivity index (χ4v) is 2.10. The number of hydrogen-bond donors (Lipinski definition) is 1. The van der Waals surface area contributed by atoms with Crippen LogP contribution in [0.1, 0.15) is 13.8 Å². The van der Waals surface area contributed by atoms with Crippen LogP contribution in [0.2, 0.25) is 0 Å². The average Bonchev–Trinajstić information content (AvgIpc) is 2.25. The Kier molecular flexibility index (Phi) is 5.24. The first kappa shape index (κ1) is 13.8. The molecule has 0 aromatic heterocycles. The van der Waals surface area contributed by atoms with E-state index in [1.807, 2.05) is 13.8 Å². The highest BCUT2D eigenvalue weighted by molar-refractivity contribution is 7.99. The number of nitrogens with zero attached hydrogens (tertiary/aromatic N) is 1. The molecule has 0 saturated carbocycles. The Morgan fingerprint density at radius 3 is 2.76 bits per heavy atom. The summed E-state index contributed by atoms with van der Waals surface area (Å²) in [5.41, 5.74) is -0.0281. The molecule has 0 aliphatic rings. The number of hydrogen-bond acceptors (Lipinski definition) is 5. The van der Waals surface area contributed by atoms with Crippen LogP contribution in [0.25, 0.3) is 0 Å². The van der Waals surface area contributed by atoms with E-state index in [0.717, 1.165) is 0 Å². The molecule has 0 aliphatic heterocycles. The Morgan fingerprint density at radius 1 is 1.53 bits per heavy atom. The number of benzene rings is 1. The van der Waals surface area contributed by atoms with Gasteiger partial charge in [-0.15, -0.1) is 11.8 Å². The Morgan fingerprint density at radius 2 is 2.24 bits per heavy atom. The quantitative estimate of drug-likeness (QED) is 0.481. The zero-order chi connectivity index (χ0) is 12.8. The van der Waals surface area contributed by atoms with E-state index in [0.29, 0.717) is 10.6 Å². The van der Waals surface area contributed by atoms with E-state index in [9.17, 15) is 10.1 Å². The van der Waals surface area contributed by atoms with Gasteiger partial charge in [-0.1, -0.05) is 6.07 Å². The largest absolute Gasteiger partial charge is 0.484 e. The number of thioether (sulfide) groups is 1. The van der Waals surface area contributed by atoms with Crippen LogP contribution in [0.4, 0.5) is 5.69 Å². The van der Waals surface area contributed by atoms with Crippen molar-refractivity contribution in [3.05, 3.63) is 28.3 Å². The van der Waals surface area contributed by atoms with Crippen molar-refractivity contribution in [2.75, 3.05) is 12.4 Å². The molecule has 0 aliphatic carbocycles. The number of nitro groups is 1. The summed E-state index contributed by atoms with van der Waals surface area (Å²) in [6.45, 7) is 3.62. The second-order valence-corrected chi connectivity index (χ2v) is 4.74. The van der Waals surface area contributed by atoms with Crippen molar-refractivity contribution in [1.29, 1.82) is 0 Å². The van der Waals surface area contributed by atoms with Crippen LogP contribution in [0, 0.1) is 10.1 Å². The molecule has 0 amide bonds. The molecule has 1 aromatic carbocycles. The van der Waals surface area contributed by atoms with E-state index in [2.05, 4.69) is 0 Å². The van der Waals surface area contributed by atoms with Crippen LogP contribution >= 0.6 is 11.8 Å². The molecule has 0 fully saturated rings. The summed E-state index contributed by atoms with van der Waals surface area (Å²) in [5.74, 6) is 0.694. The van der Waals surface area contributed by atoms with E-state index < -0.39 is 4.92 Å². The Bertz CT molecular complexity index is 395. The van der Waals surface area contributed by atoms with Crippen molar-refractivity contribution in [2.45, 2.75) is 24.8 Å². The fraction of sp³-hybridized carbons (Fsp3) is 0.455. The zero-order valence-electron chi connectivity index (χ0n) is 9.75. The first-order valence-corrected chi connectivity index (χ1v) is 6.22. The maximum atomic E-state index is 11.0. The molecule has 0 heterocycles. The number of para-hydroxylation sites is 1. The minimum atomic E-state index is -0.447. The van der Waals surface area contributed by atoms with Crippen molar-refractivity contribution >= 4 is 17.4 Å². The number of rotatable bonds is 6. The second-order valence-electron chi connectivity index (χ2n) is 3.60. The predicted molar refractivity (Wildman–Crippen MR) is 66.7 cm³/mol. The molecule has 0 spiro atoms. The topological polar surface area (TPSA) is 72.6 Å². The molecule has 0 atom stereocenters. The molecule has 0 radical (unpaired) electrons. The lowest BCUT2D eigenvalue weighted by molar-refractivity contribution is -0.388. The van der Waals surface area contributed by atoms with Crippen LogP contribution in [0.3, 0.4) is 0 Å². The SMILES string of the molecule is CC(C)Oc1cccc(SCCO)c1[N+](=O)[O-]. The molecule has 6 heteroatoms. The van der Waals surface area contributed by atoms with E-state index in [1.54, 1.807) is 18.2 Å². The van der Waals surface area contributed by atoms with Crippen LogP contribution in [0.15, 0.2) is 23.1 Å². The maximum Gasteiger partial charge on any atom is 0.324 e. The van der Waals surface area contributed by atoms with Crippen LogP contribution in [-0.4, -0.2) is 28.5 Å². The smallest absolute Gasteiger partial charge is 0.324 e. The van der Waals surface area contributed by atoms with Gasteiger partial charge in [-0.2, -0.15) is 0 Å². The monoisotopic (exact) mass is 257 g/mol. The molecule has 1 N–H and O–H groups in total. The standard InChI is InChI=1S/C11H15NO4S/c1-8(2)16-9-4-3-5-10(17-7-6-13)11(9)12(14)15/h3-5,8,13H,6-7H2,1-2H3. The molecule has 0 saturated heterocycles. The lowest BCUT2D eigenvalue weighted by Crippen LogP contribution is -2.08. The van der Waals surface area contributed by atoms with Gasteiger partial charge in [0, 0.05) is 5.75 Å². The summed E-state index contributed by atoms with van der Waals surface area (Å²) in [7, 11) is 0. The van der Waals surface area contributed by atoms with E-state index >= 15 is 0 Å². The summed E-state index contributed by atoms with van der Waals surface area (Å²) >= 11 is 1.24. The predicted octanol–water partition coefficient (Wildman–Crippen LogP) is 2.47. The minimum Gasteiger partial charge on any atom is -0.484 e. The van der Waals surface area contributed by atoms with E-state index in [-0.39, 0.29) is 24.1 Å². The normalized spacial score (nSPS) is 10.6. The van der Waals surface area contributed by atoms with Gasteiger partial charge in [0.1, 0.15) is 0 Å². The van der Waals surface area contributed by atoms with Gasteiger partial charge >= 0.3 is 5.69 Å².